The highest BCUT2D eigenvalue weighted by atomic mass is 16.6. The van der Waals surface area contributed by atoms with Crippen molar-refractivity contribution in [3.05, 3.63) is 65.4 Å². The van der Waals surface area contributed by atoms with Gasteiger partial charge in [-0.05, 0) is 61.9 Å². The van der Waals surface area contributed by atoms with E-state index in [1.54, 1.807) is 12.0 Å². The second-order valence-electron chi connectivity index (χ2n) is 10.8. The lowest BCUT2D eigenvalue weighted by Gasteiger charge is -2.34. The Balaban J connectivity index is 1.23. The Hall–Kier alpha value is -3.36. The van der Waals surface area contributed by atoms with Gasteiger partial charge in [0, 0.05) is 74.0 Å². The van der Waals surface area contributed by atoms with Crippen LogP contribution in [0.25, 0.3) is 10.9 Å². The van der Waals surface area contributed by atoms with E-state index in [-0.39, 0.29) is 18.0 Å². The highest BCUT2D eigenvalue weighted by Gasteiger charge is 2.30. The quantitative estimate of drug-likeness (QED) is 0.385. The zero-order valence-corrected chi connectivity index (χ0v) is 23.1. The Labute approximate surface area is 230 Å². The molecule has 2 fully saturated rings. The molecule has 0 spiro atoms. The number of piperidine rings is 1. The molecule has 8 heteroatoms. The zero-order chi connectivity index (χ0) is 27.4. The number of aromatic nitrogens is 1. The fourth-order valence-electron chi connectivity index (χ4n) is 6.23. The normalized spacial score (nSPS) is 18.5. The first-order chi connectivity index (χ1) is 19.0. The largest absolute Gasteiger partial charge is 0.447 e. The summed E-state index contributed by atoms with van der Waals surface area (Å²) in [6.45, 7) is 6.35. The van der Waals surface area contributed by atoms with E-state index in [1.807, 2.05) is 29.2 Å². The van der Waals surface area contributed by atoms with Crippen LogP contribution >= 0.6 is 0 Å². The second-order valence-corrected chi connectivity index (χ2v) is 10.8. The molecule has 2 aromatic carbocycles. The van der Waals surface area contributed by atoms with Gasteiger partial charge in [0.1, 0.15) is 6.61 Å². The number of benzene rings is 2. The number of likely N-dealkylation sites (tertiary alicyclic amines) is 1. The van der Waals surface area contributed by atoms with Gasteiger partial charge in [0.05, 0.1) is 6.54 Å². The van der Waals surface area contributed by atoms with E-state index < -0.39 is 0 Å². The number of aryl methyl sites for hydroxylation is 2. The highest BCUT2D eigenvalue weighted by molar-refractivity contribution is 5.89. The summed E-state index contributed by atoms with van der Waals surface area (Å²) in [6, 6.07) is 16.1. The van der Waals surface area contributed by atoms with Crippen molar-refractivity contribution in [3.63, 3.8) is 0 Å². The smallest absolute Gasteiger partial charge is 0.414 e. The molecule has 2 atom stereocenters. The standard InChI is InChI=1S/C31H40N4O4/c1-22-27-8-3-4-9-28(27)35(15-6-17-38-2)30(22)24-7-5-14-33(21-24)29(36)20-25(32)19-23-10-12-26(13-11-23)34-16-18-39-31(34)37/h3-4,8-13,24-25H,5-7,14-21,32H2,1-2H3/t24?,25-/m1/s1. The molecular weight excluding hydrogens is 492 g/mol. The molecule has 2 N–H and O–H groups in total. The fraction of sp³-hybridized carbons (Fsp3) is 0.484. The molecule has 2 saturated heterocycles. The summed E-state index contributed by atoms with van der Waals surface area (Å²) in [5.74, 6) is 0.432. The van der Waals surface area contributed by atoms with E-state index in [1.165, 1.54) is 22.2 Å². The van der Waals surface area contributed by atoms with E-state index in [2.05, 4.69) is 35.8 Å². The van der Waals surface area contributed by atoms with Crippen LogP contribution in [0.15, 0.2) is 48.5 Å². The van der Waals surface area contributed by atoms with Crippen molar-refractivity contribution < 1.29 is 19.1 Å². The Morgan fingerprint density at radius 1 is 1.15 bits per heavy atom. The van der Waals surface area contributed by atoms with Crippen LogP contribution in [0.2, 0.25) is 0 Å². The lowest BCUT2D eigenvalue weighted by Crippen LogP contribution is -2.42. The molecule has 8 nitrogen and oxygen atoms in total. The van der Waals surface area contributed by atoms with Crippen molar-refractivity contribution in [2.75, 3.05) is 44.9 Å². The van der Waals surface area contributed by atoms with Crippen LogP contribution in [0.4, 0.5) is 10.5 Å². The number of fused-ring (bicyclic) bond motifs is 1. The van der Waals surface area contributed by atoms with Crippen LogP contribution < -0.4 is 10.6 Å². The number of ether oxygens (including phenoxy) is 2. The van der Waals surface area contributed by atoms with Gasteiger partial charge in [0.25, 0.3) is 0 Å². The minimum absolute atomic E-state index is 0.128. The van der Waals surface area contributed by atoms with Gasteiger partial charge in [-0.15, -0.1) is 0 Å². The first kappa shape index (κ1) is 27.2. The Morgan fingerprint density at radius 3 is 2.69 bits per heavy atom. The summed E-state index contributed by atoms with van der Waals surface area (Å²) in [4.78, 5) is 28.8. The van der Waals surface area contributed by atoms with Crippen LogP contribution in [0.3, 0.4) is 0 Å². The molecule has 1 aromatic heterocycles. The third kappa shape index (κ3) is 5.97. The van der Waals surface area contributed by atoms with E-state index in [9.17, 15) is 9.59 Å². The molecule has 0 radical (unpaired) electrons. The number of nitrogens with two attached hydrogens (primary N) is 1. The van der Waals surface area contributed by atoms with Crippen LogP contribution in [0, 0.1) is 6.92 Å². The van der Waals surface area contributed by atoms with Crippen molar-refractivity contribution in [1.82, 2.24) is 9.47 Å². The number of cyclic esters (lactones) is 1. The van der Waals surface area contributed by atoms with Crippen LogP contribution in [-0.2, 0) is 27.2 Å². The molecule has 39 heavy (non-hydrogen) atoms. The maximum atomic E-state index is 13.4. The lowest BCUT2D eigenvalue weighted by molar-refractivity contribution is -0.132. The average Bonchev–Trinajstić information content (AvgIpc) is 3.50. The number of amides is 2. The summed E-state index contributed by atoms with van der Waals surface area (Å²) in [6.07, 6.45) is 3.65. The van der Waals surface area contributed by atoms with Gasteiger partial charge in [-0.2, -0.15) is 0 Å². The first-order valence-corrected chi connectivity index (χ1v) is 14.1. The summed E-state index contributed by atoms with van der Waals surface area (Å²) < 4.78 is 12.8. The molecule has 208 valence electrons. The summed E-state index contributed by atoms with van der Waals surface area (Å²) >= 11 is 0. The van der Waals surface area contributed by atoms with E-state index in [4.69, 9.17) is 15.2 Å². The third-order valence-electron chi connectivity index (χ3n) is 8.11. The van der Waals surface area contributed by atoms with Crippen LogP contribution in [-0.4, -0.2) is 67.5 Å². The van der Waals surface area contributed by atoms with Gasteiger partial charge in [-0.1, -0.05) is 30.3 Å². The van der Waals surface area contributed by atoms with Gasteiger partial charge < -0.3 is 24.7 Å². The van der Waals surface area contributed by atoms with Gasteiger partial charge in [-0.25, -0.2) is 4.79 Å². The SMILES string of the molecule is COCCCn1c(C2CCCN(C(=O)C[C@H](N)Cc3ccc(N4CCOC4=O)cc3)C2)c(C)c2ccccc21. The van der Waals surface area contributed by atoms with Gasteiger partial charge in [0.2, 0.25) is 5.91 Å². The second kappa shape index (κ2) is 12.2. The maximum absolute atomic E-state index is 13.4. The van der Waals surface area contributed by atoms with E-state index >= 15 is 0 Å². The number of hydrogen-bond acceptors (Lipinski definition) is 5. The molecule has 3 heterocycles. The predicted molar refractivity (Wildman–Crippen MR) is 153 cm³/mol. The number of carbonyl (C=O) groups is 2. The summed E-state index contributed by atoms with van der Waals surface area (Å²) in [7, 11) is 1.75. The summed E-state index contributed by atoms with van der Waals surface area (Å²) in [5.41, 5.74) is 12.3. The van der Waals surface area contributed by atoms with Crippen molar-refractivity contribution in [2.24, 2.45) is 5.73 Å². The average molecular weight is 533 g/mol. The summed E-state index contributed by atoms with van der Waals surface area (Å²) in [5, 5.41) is 1.29. The molecular formula is C31H40N4O4. The minimum Gasteiger partial charge on any atom is -0.447 e. The molecule has 3 aromatic rings. The number of rotatable bonds is 10. The van der Waals surface area contributed by atoms with Gasteiger partial charge in [-0.3, -0.25) is 9.69 Å². The van der Waals surface area contributed by atoms with E-state index in [0.717, 1.165) is 56.8 Å². The first-order valence-electron chi connectivity index (χ1n) is 14.1. The number of methoxy groups -OCH3 is 1. The molecule has 0 bridgehead atoms. The number of para-hydroxylation sites is 1. The lowest BCUT2D eigenvalue weighted by atomic mass is 9.91. The van der Waals surface area contributed by atoms with Crippen molar-refractivity contribution in [3.8, 4) is 0 Å². The minimum atomic E-state index is -0.310. The van der Waals surface area contributed by atoms with E-state index in [0.29, 0.717) is 31.9 Å². The van der Waals surface area contributed by atoms with Gasteiger partial charge >= 0.3 is 6.09 Å². The molecule has 1 unspecified atom stereocenters. The third-order valence-corrected chi connectivity index (χ3v) is 8.11. The van der Waals surface area contributed by atoms with Crippen LogP contribution in [0.5, 0.6) is 0 Å². The fourth-order valence-corrected chi connectivity index (χ4v) is 6.23. The number of anilines is 1. The molecule has 0 saturated carbocycles. The van der Waals surface area contributed by atoms with Gasteiger partial charge in [0.15, 0.2) is 0 Å². The number of carbonyl (C=O) groups excluding carboxylic acids is 2. The molecule has 2 aliphatic rings. The Kier molecular flexibility index (Phi) is 8.53. The maximum Gasteiger partial charge on any atom is 0.414 e. The molecule has 0 aliphatic carbocycles. The van der Waals surface area contributed by atoms with Crippen molar-refractivity contribution >= 4 is 28.6 Å². The van der Waals surface area contributed by atoms with Crippen molar-refractivity contribution in [1.29, 1.82) is 0 Å². The molecule has 2 amide bonds. The Bertz CT molecular complexity index is 1300. The Morgan fingerprint density at radius 2 is 1.95 bits per heavy atom. The zero-order valence-electron chi connectivity index (χ0n) is 23.1. The number of hydrogen-bond donors (Lipinski definition) is 1. The molecule has 5 rings (SSSR count). The predicted octanol–water partition coefficient (Wildman–Crippen LogP) is 4.61. The number of nitrogens with zero attached hydrogens (tertiary/aromatic N) is 3. The van der Waals surface area contributed by atoms with Crippen molar-refractivity contribution in [2.45, 2.75) is 57.5 Å². The highest BCUT2D eigenvalue weighted by Crippen LogP contribution is 2.36. The molecule has 2 aliphatic heterocycles. The topological polar surface area (TPSA) is 90.0 Å². The monoisotopic (exact) mass is 532 g/mol. The van der Waals surface area contributed by atoms with Crippen LogP contribution in [0.1, 0.15) is 48.4 Å².